The summed E-state index contributed by atoms with van der Waals surface area (Å²) in [6.45, 7) is 3.12. The largest absolute Gasteiger partial charge is 0.313 e. The molecule has 1 heterocycles. The number of piperazine rings is 1. The van der Waals surface area contributed by atoms with Gasteiger partial charge in [0.05, 0.1) is 11.0 Å². The van der Waals surface area contributed by atoms with E-state index in [0.717, 1.165) is 5.56 Å². The Hall–Kier alpha value is -1.42. The van der Waals surface area contributed by atoms with Crippen molar-refractivity contribution in [3.63, 3.8) is 0 Å². The maximum Gasteiger partial charge on any atom is 0.244 e. The van der Waals surface area contributed by atoms with Gasteiger partial charge in [-0.1, -0.05) is 12.1 Å². The van der Waals surface area contributed by atoms with Crippen LogP contribution in [0.5, 0.6) is 0 Å². The number of nitriles is 1. The minimum absolute atomic E-state index is 0.254. The first-order valence-corrected chi connectivity index (χ1v) is 7.18. The van der Waals surface area contributed by atoms with Crippen LogP contribution >= 0.6 is 0 Å². The molecule has 5 nitrogen and oxygen atoms in total. The Morgan fingerprint density at radius 1 is 1.50 bits per heavy atom. The third-order valence-corrected chi connectivity index (χ3v) is 4.84. The van der Waals surface area contributed by atoms with E-state index in [4.69, 9.17) is 5.26 Å². The summed E-state index contributed by atoms with van der Waals surface area (Å²) >= 11 is 0. The van der Waals surface area contributed by atoms with Gasteiger partial charge in [-0.25, -0.2) is 8.42 Å². The smallest absolute Gasteiger partial charge is 0.244 e. The Balaban J connectivity index is 2.39. The van der Waals surface area contributed by atoms with Gasteiger partial charge in [-0.05, 0) is 24.6 Å². The second kappa shape index (κ2) is 5.06. The molecule has 6 heteroatoms. The van der Waals surface area contributed by atoms with Gasteiger partial charge in [-0.2, -0.15) is 9.57 Å². The number of nitrogens with zero attached hydrogens (tertiary/aromatic N) is 2. The SMILES string of the molecule is Cc1cccc(S(=O)(=O)N2CCNCC2C#N)c1. The Bertz CT molecular complexity index is 577. The van der Waals surface area contributed by atoms with Gasteiger partial charge in [0, 0.05) is 19.6 Å². The number of nitrogens with one attached hydrogen (secondary N) is 1. The van der Waals surface area contributed by atoms with Crippen molar-refractivity contribution >= 4 is 10.0 Å². The van der Waals surface area contributed by atoms with E-state index in [-0.39, 0.29) is 4.90 Å². The molecular weight excluding hydrogens is 250 g/mol. The Kier molecular flexibility index (Phi) is 3.66. The summed E-state index contributed by atoms with van der Waals surface area (Å²) in [6.07, 6.45) is 0. The van der Waals surface area contributed by atoms with Crippen LogP contribution in [0.2, 0.25) is 0 Å². The zero-order valence-electron chi connectivity index (χ0n) is 10.1. The molecule has 0 aromatic heterocycles. The van der Waals surface area contributed by atoms with E-state index in [2.05, 4.69) is 5.32 Å². The lowest BCUT2D eigenvalue weighted by Gasteiger charge is -2.30. The Morgan fingerprint density at radius 3 is 2.94 bits per heavy atom. The van der Waals surface area contributed by atoms with Gasteiger partial charge < -0.3 is 5.32 Å². The lowest BCUT2D eigenvalue weighted by molar-refractivity contribution is 0.312. The summed E-state index contributed by atoms with van der Waals surface area (Å²) in [4.78, 5) is 0.254. The van der Waals surface area contributed by atoms with E-state index in [9.17, 15) is 8.42 Å². The third-order valence-electron chi connectivity index (χ3n) is 2.94. The molecule has 18 heavy (non-hydrogen) atoms. The molecule has 1 fully saturated rings. The number of aryl methyl sites for hydroxylation is 1. The summed E-state index contributed by atoms with van der Waals surface area (Å²) in [5.74, 6) is 0. The summed E-state index contributed by atoms with van der Waals surface area (Å²) in [5, 5.41) is 12.1. The van der Waals surface area contributed by atoms with E-state index in [1.807, 2.05) is 19.1 Å². The van der Waals surface area contributed by atoms with Gasteiger partial charge in [0.2, 0.25) is 10.0 Å². The van der Waals surface area contributed by atoms with Crippen LogP contribution in [-0.2, 0) is 10.0 Å². The molecular formula is C12H15N3O2S. The maximum atomic E-state index is 12.5. The van der Waals surface area contributed by atoms with E-state index in [0.29, 0.717) is 19.6 Å². The number of rotatable bonds is 2. The minimum Gasteiger partial charge on any atom is -0.313 e. The van der Waals surface area contributed by atoms with Crippen LogP contribution in [0.3, 0.4) is 0 Å². The molecule has 1 saturated heterocycles. The number of benzene rings is 1. The van der Waals surface area contributed by atoms with Gasteiger partial charge in [-0.15, -0.1) is 0 Å². The fourth-order valence-electron chi connectivity index (χ4n) is 1.99. The molecule has 0 saturated carbocycles. The van der Waals surface area contributed by atoms with Crippen LogP contribution in [-0.4, -0.2) is 38.4 Å². The fraction of sp³-hybridized carbons (Fsp3) is 0.417. The molecule has 0 spiro atoms. The van der Waals surface area contributed by atoms with Crippen molar-refractivity contribution in [3.05, 3.63) is 29.8 Å². The topological polar surface area (TPSA) is 73.2 Å². The van der Waals surface area contributed by atoms with Crippen molar-refractivity contribution < 1.29 is 8.42 Å². The predicted molar refractivity (Wildman–Crippen MR) is 67.3 cm³/mol. The van der Waals surface area contributed by atoms with Crippen molar-refractivity contribution in [2.75, 3.05) is 19.6 Å². The van der Waals surface area contributed by atoms with Crippen LogP contribution in [0.1, 0.15) is 5.56 Å². The van der Waals surface area contributed by atoms with Gasteiger partial charge in [0.1, 0.15) is 6.04 Å². The molecule has 1 unspecified atom stereocenters. The predicted octanol–water partition coefficient (Wildman–Crippen LogP) is 0.481. The standard InChI is InChI=1S/C12H15N3O2S/c1-10-3-2-4-12(7-10)18(16,17)15-6-5-14-9-11(15)8-13/h2-4,7,11,14H,5-6,9H2,1H3. The van der Waals surface area contributed by atoms with Crippen molar-refractivity contribution in [1.29, 1.82) is 5.26 Å². The van der Waals surface area contributed by atoms with Crippen LogP contribution < -0.4 is 5.32 Å². The van der Waals surface area contributed by atoms with Crippen LogP contribution in [0.4, 0.5) is 0 Å². The molecule has 2 rings (SSSR count). The van der Waals surface area contributed by atoms with E-state index >= 15 is 0 Å². The quantitative estimate of drug-likeness (QED) is 0.844. The van der Waals surface area contributed by atoms with Gasteiger partial charge in [0.15, 0.2) is 0 Å². The fourth-order valence-corrected chi connectivity index (χ4v) is 3.64. The van der Waals surface area contributed by atoms with E-state index < -0.39 is 16.1 Å². The second-order valence-electron chi connectivity index (χ2n) is 4.28. The summed E-state index contributed by atoms with van der Waals surface area (Å²) in [6, 6.07) is 8.15. The normalized spacial score (nSPS) is 21.4. The third kappa shape index (κ3) is 2.38. The Morgan fingerprint density at radius 2 is 2.28 bits per heavy atom. The van der Waals surface area contributed by atoms with Crippen molar-refractivity contribution in [3.8, 4) is 6.07 Å². The van der Waals surface area contributed by atoms with Gasteiger partial charge >= 0.3 is 0 Å². The van der Waals surface area contributed by atoms with E-state index in [1.54, 1.807) is 18.2 Å². The minimum atomic E-state index is -3.57. The zero-order chi connectivity index (χ0) is 13.2. The lowest BCUT2D eigenvalue weighted by atomic mass is 10.2. The highest BCUT2D eigenvalue weighted by molar-refractivity contribution is 7.89. The zero-order valence-corrected chi connectivity index (χ0v) is 10.9. The molecule has 0 radical (unpaired) electrons. The second-order valence-corrected chi connectivity index (χ2v) is 6.17. The highest BCUT2D eigenvalue weighted by Crippen LogP contribution is 2.19. The molecule has 0 bridgehead atoms. The highest BCUT2D eigenvalue weighted by Gasteiger charge is 2.33. The molecule has 96 valence electrons. The molecule has 1 atom stereocenters. The number of hydrogen-bond acceptors (Lipinski definition) is 4. The molecule has 0 amide bonds. The van der Waals surface area contributed by atoms with Crippen LogP contribution in [0, 0.1) is 18.3 Å². The van der Waals surface area contributed by atoms with Crippen molar-refractivity contribution in [2.24, 2.45) is 0 Å². The first-order valence-electron chi connectivity index (χ1n) is 5.74. The number of sulfonamides is 1. The van der Waals surface area contributed by atoms with Crippen molar-refractivity contribution in [1.82, 2.24) is 9.62 Å². The average Bonchev–Trinajstić information content (AvgIpc) is 2.38. The van der Waals surface area contributed by atoms with Crippen molar-refractivity contribution in [2.45, 2.75) is 17.9 Å². The highest BCUT2D eigenvalue weighted by atomic mass is 32.2. The van der Waals surface area contributed by atoms with Crippen LogP contribution in [0.15, 0.2) is 29.2 Å². The molecule has 1 aliphatic heterocycles. The van der Waals surface area contributed by atoms with Crippen LogP contribution in [0.25, 0.3) is 0 Å². The average molecular weight is 265 g/mol. The monoisotopic (exact) mass is 265 g/mol. The van der Waals surface area contributed by atoms with Gasteiger partial charge in [0.25, 0.3) is 0 Å². The summed E-state index contributed by atoms with van der Waals surface area (Å²) in [7, 11) is -3.57. The lowest BCUT2D eigenvalue weighted by Crippen LogP contribution is -2.52. The molecule has 0 aliphatic carbocycles. The van der Waals surface area contributed by atoms with E-state index in [1.165, 1.54) is 4.31 Å². The molecule has 1 aromatic carbocycles. The molecule has 1 aromatic rings. The summed E-state index contributed by atoms with van der Waals surface area (Å²) < 4.78 is 26.2. The first kappa shape index (κ1) is 13.0. The molecule has 1 N–H and O–H groups in total. The summed E-state index contributed by atoms with van der Waals surface area (Å²) in [5.41, 5.74) is 0.889. The molecule has 1 aliphatic rings. The van der Waals surface area contributed by atoms with Gasteiger partial charge in [-0.3, -0.25) is 0 Å². The number of hydrogen-bond donors (Lipinski definition) is 1. The Labute approximate surface area is 107 Å². The first-order chi connectivity index (χ1) is 8.55. The maximum absolute atomic E-state index is 12.5.